The van der Waals surface area contributed by atoms with E-state index in [0.29, 0.717) is 28.4 Å². The van der Waals surface area contributed by atoms with Crippen LogP contribution in [0.1, 0.15) is 19.8 Å². The SMILES string of the molecule is CCN(CC1CC1)S(=O)(=O)c1ccccc1Br. The summed E-state index contributed by atoms with van der Waals surface area (Å²) in [5, 5.41) is 0. The lowest BCUT2D eigenvalue weighted by Gasteiger charge is -2.20. The van der Waals surface area contributed by atoms with E-state index >= 15 is 0 Å². The van der Waals surface area contributed by atoms with Gasteiger partial charge in [0.05, 0.1) is 4.90 Å². The lowest BCUT2D eigenvalue weighted by molar-refractivity contribution is 0.412. The van der Waals surface area contributed by atoms with Crippen molar-refractivity contribution in [1.82, 2.24) is 4.31 Å². The highest BCUT2D eigenvalue weighted by molar-refractivity contribution is 9.10. The Balaban J connectivity index is 2.30. The molecule has 1 aromatic carbocycles. The summed E-state index contributed by atoms with van der Waals surface area (Å²) in [6, 6.07) is 6.98. The molecule has 0 atom stereocenters. The number of sulfonamides is 1. The van der Waals surface area contributed by atoms with Gasteiger partial charge in [-0.3, -0.25) is 0 Å². The maximum Gasteiger partial charge on any atom is 0.244 e. The van der Waals surface area contributed by atoms with Gasteiger partial charge in [0.1, 0.15) is 0 Å². The van der Waals surface area contributed by atoms with Gasteiger partial charge in [0.2, 0.25) is 10.0 Å². The molecule has 0 aliphatic heterocycles. The minimum atomic E-state index is -3.35. The Morgan fingerprint density at radius 2 is 2.00 bits per heavy atom. The first-order valence-electron chi connectivity index (χ1n) is 5.80. The van der Waals surface area contributed by atoms with Crippen LogP contribution in [0.4, 0.5) is 0 Å². The Kier molecular flexibility index (Phi) is 3.90. The van der Waals surface area contributed by atoms with Gasteiger partial charge in [0, 0.05) is 17.6 Å². The van der Waals surface area contributed by atoms with Crippen LogP contribution in [-0.2, 0) is 10.0 Å². The predicted octanol–water partition coefficient (Wildman–Crippen LogP) is 2.87. The van der Waals surface area contributed by atoms with Crippen LogP contribution in [0.25, 0.3) is 0 Å². The van der Waals surface area contributed by atoms with Gasteiger partial charge in [0.15, 0.2) is 0 Å². The predicted molar refractivity (Wildman–Crippen MR) is 71.3 cm³/mol. The lowest BCUT2D eigenvalue weighted by Crippen LogP contribution is -2.32. The second-order valence-corrected chi connectivity index (χ2v) is 7.09. The van der Waals surface area contributed by atoms with Gasteiger partial charge in [-0.1, -0.05) is 19.1 Å². The standard InChI is InChI=1S/C12H16BrNO2S/c1-2-14(9-10-7-8-10)17(15,16)12-6-4-3-5-11(12)13/h3-6,10H,2,7-9H2,1H3. The average molecular weight is 318 g/mol. The summed E-state index contributed by atoms with van der Waals surface area (Å²) in [5.41, 5.74) is 0. The van der Waals surface area contributed by atoms with Crippen LogP contribution in [0.2, 0.25) is 0 Å². The molecule has 1 aromatic rings. The molecule has 1 aliphatic rings. The smallest absolute Gasteiger partial charge is 0.207 e. The molecular weight excluding hydrogens is 302 g/mol. The summed E-state index contributed by atoms with van der Waals surface area (Å²) in [5.74, 6) is 0.562. The molecule has 0 amide bonds. The van der Waals surface area contributed by atoms with Gasteiger partial charge in [-0.05, 0) is 46.8 Å². The van der Waals surface area contributed by atoms with Gasteiger partial charge in [0.25, 0.3) is 0 Å². The highest BCUT2D eigenvalue weighted by Gasteiger charge is 2.31. The van der Waals surface area contributed by atoms with Crippen LogP contribution in [-0.4, -0.2) is 25.8 Å². The van der Waals surface area contributed by atoms with Gasteiger partial charge < -0.3 is 0 Å². The third kappa shape index (κ3) is 2.89. The largest absolute Gasteiger partial charge is 0.244 e. The van der Waals surface area contributed by atoms with E-state index in [0.717, 1.165) is 12.8 Å². The molecule has 1 saturated carbocycles. The zero-order valence-corrected chi connectivity index (χ0v) is 12.2. The highest BCUT2D eigenvalue weighted by Crippen LogP contribution is 2.32. The van der Waals surface area contributed by atoms with Crippen LogP contribution < -0.4 is 0 Å². The van der Waals surface area contributed by atoms with Crippen molar-refractivity contribution in [2.24, 2.45) is 5.92 Å². The molecule has 94 valence electrons. The molecule has 0 heterocycles. The van der Waals surface area contributed by atoms with Crippen LogP contribution in [0.5, 0.6) is 0 Å². The maximum atomic E-state index is 12.4. The molecule has 1 aliphatic carbocycles. The van der Waals surface area contributed by atoms with Crippen LogP contribution in [0, 0.1) is 5.92 Å². The zero-order chi connectivity index (χ0) is 12.5. The van der Waals surface area contributed by atoms with E-state index in [9.17, 15) is 8.42 Å². The molecule has 1 fully saturated rings. The van der Waals surface area contributed by atoms with Crippen molar-refractivity contribution in [2.45, 2.75) is 24.7 Å². The van der Waals surface area contributed by atoms with Crippen molar-refractivity contribution >= 4 is 26.0 Å². The number of hydrogen-bond acceptors (Lipinski definition) is 2. The highest BCUT2D eigenvalue weighted by atomic mass is 79.9. The molecule has 0 N–H and O–H groups in total. The van der Waals surface area contributed by atoms with E-state index in [1.807, 2.05) is 13.0 Å². The normalized spacial score (nSPS) is 16.4. The van der Waals surface area contributed by atoms with E-state index < -0.39 is 10.0 Å². The molecule has 0 radical (unpaired) electrons. The quantitative estimate of drug-likeness (QED) is 0.837. The van der Waals surface area contributed by atoms with E-state index in [4.69, 9.17) is 0 Å². The molecule has 17 heavy (non-hydrogen) atoms. The molecular formula is C12H16BrNO2S. The fraction of sp³-hybridized carbons (Fsp3) is 0.500. The number of hydrogen-bond donors (Lipinski definition) is 0. The molecule has 5 heteroatoms. The molecule has 3 nitrogen and oxygen atoms in total. The van der Waals surface area contributed by atoms with E-state index in [1.165, 1.54) is 0 Å². The Hall–Kier alpha value is -0.390. The third-order valence-electron chi connectivity index (χ3n) is 2.97. The van der Waals surface area contributed by atoms with Gasteiger partial charge in [-0.15, -0.1) is 0 Å². The van der Waals surface area contributed by atoms with Crippen molar-refractivity contribution in [1.29, 1.82) is 0 Å². The Bertz CT molecular complexity index is 497. The first-order valence-corrected chi connectivity index (χ1v) is 8.03. The number of rotatable bonds is 5. The number of benzene rings is 1. The Morgan fingerprint density at radius 3 is 2.53 bits per heavy atom. The average Bonchev–Trinajstić information content (AvgIpc) is 3.09. The van der Waals surface area contributed by atoms with Crippen LogP contribution in [0.3, 0.4) is 0 Å². The molecule has 0 bridgehead atoms. The summed E-state index contributed by atoms with van der Waals surface area (Å²) in [4.78, 5) is 0.363. The molecule has 0 saturated heterocycles. The topological polar surface area (TPSA) is 37.4 Å². The van der Waals surface area contributed by atoms with E-state index in [2.05, 4.69) is 15.9 Å². The summed E-state index contributed by atoms with van der Waals surface area (Å²) in [6.07, 6.45) is 2.31. The van der Waals surface area contributed by atoms with Gasteiger partial charge >= 0.3 is 0 Å². The fourth-order valence-corrected chi connectivity index (χ4v) is 4.27. The monoisotopic (exact) mass is 317 g/mol. The maximum absolute atomic E-state index is 12.4. The first kappa shape index (κ1) is 13.1. The van der Waals surface area contributed by atoms with Crippen molar-refractivity contribution in [2.75, 3.05) is 13.1 Å². The molecule has 0 aromatic heterocycles. The number of nitrogens with zero attached hydrogens (tertiary/aromatic N) is 1. The Morgan fingerprint density at radius 1 is 1.35 bits per heavy atom. The fourth-order valence-electron chi connectivity index (χ4n) is 1.78. The van der Waals surface area contributed by atoms with Crippen molar-refractivity contribution < 1.29 is 8.42 Å². The van der Waals surface area contributed by atoms with E-state index in [1.54, 1.807) is 22.5 Å². The van der Waals surface area contributed by atoms with Crippen LogP contribution >= 0.6 is 15.9 Å². The molecule has 0 unspecified atom stereocenters. The van der Waals surface area contributed by atoms with Gasteiger partial charge in [-0.25, -0.2) is 8.42 Å². The van der Waals surface area contributed by atoms with Crippen molar-refractivity contribution in [3.8, 4) is 0 Å². The lowest BCUT2D eigenvalue weighted by atomic mass is 10.4. The summed E-state index contributed by atoms with van der Waals surface area (Å²) >= 11 is 3.31. The Labute approximate surface area is 111 Å². The van der Waals surface area contributed by atoms with E-state index in [-0.39, 0.29) is 0 Å². The van der Waals surface area contributed by atoms with Gasteiger partial charge in [-0.2, -0.15) is 4.31 Å². The van der Waals surface area contributed by atoms with Crippen molar-refractivity contribution in [3.05, 3.63) is 28.7 Å². The summed E-state index contributed by atoms with van der Waals surface area (Å²) in [6.45, 7) is 3.07. The molecule has 0 spiro atoms. The van der Waals surface area contributed by atoms with Crippen molar-refractivity contribution in [3.63, 3.8) is 0 Å². The summed E-state index contributed by atoms with van der Waals surface area (Å²) in [7, 11) is -3.35. The second kappa shape index (κ2) is 5.08. The van der Waals surface area contributed by atoms with Crippen LogP contribution in [0.15, 0.2) is 33.6 Å². The summed E-state index contributed by atoms with van der Waals surface area (Å²) < 4.78 is 27.1. The second-order valence-electron chi connectivity index (χ2n) is 4.33. The minimum absolute atomic E-state index is 0.363. The molecule has 2 rings (SSSR count). The zero-order valence-electron chi connectivity index (χ0n) is 9.77. The third-order valence-corrected chi connectivity index (χ3v) is 5.92. The minimum Gasteiger partial charge on any atom is -0.207 e. The number of halogens is 1. The first-order chi connectivity index (χ1) is 8.05.